The number of rotatable bonds is 4. The SMILES string of the molecule is O=C(Nc1ccc2c(c1)CCO2)C(=O)N1CCC[C@@H]1C[C@H](O)c1ccco1. The lowest BCUT2D eigenvalue weighted by Gasteiger charge is -2.25. The number of nitrogens with zero attached hydrogens (tertiary/aromatic N) is 1. The molecule has 0 bridgehead atoms. The van der Waals surface area contributed by atoms with Gasteiger partial charge in [-0.1, -0.05) is 0 Å². The van der Waals surface area contributed by atoms with Crippen LogP contribution in [0, 0.1) is 0 Å². The van der Waals surface area contributed by atoms with Gasteiger partial charge >= 0.3 is 11.8 Å². The molecule has 142 valence electrons. The van der Waals surface area contributed by atoms with E-state index in [9.17, 15) is 14.7 Å². The number of carbonyl (C=O) groups excluding carboxylic acids is 2. The van der Waals surface area contributed by atoms with Crippen molar-refractivity contribution < 1.29 is 23.8 Å². The maximum atomic E-state index is 12.6. The Bertz CT molecular complexity index is 833. The first kappa shape index (κ1) is 17.6. The van der Waals surface area contributed by atoms with Crippen LogP contribution >= 0.6 is 0 Å². The van der Waals surface area contributed by atoms with Gasteiger partial charge in [-0.25, -0.2) is 0 Å². The third-order valence-electron chi connectivity index (χ3n) is 5.15. The zero-order valence-electron chi connectivity index (χ0n) is 14.9. The van der Waals surface area contributed by atoms with Crippen LogP contribution in [0.4, 0.5) is 5.69 Å². The fourth-order valence-corrected chi connectivity index (χ4v) is 3.78. The van der Waals surface area contributed by atoms with Gasteiger partial charge in [-0.05, 0) is 48.7 Å². The van der Waals surface area contributed by atoms with Crippen LogP contribution in [-0.4, -0.2) is 41.0 Å². The Hall–Kier alpha value is -2.80. The molecular weight excluding hydrogens is 348 g/mol. The molecule has 2 aromatic rings. The molecule has 2 aliphatic heterocycles. The molecule has 1 aromatic heterocycles. The van der Waals surface area contributed by atoms with Gasteiger partial charge in [0.15, 0.2) is 0 Å². The maximum absolute atomic E-state index is 12.6. The van der Waals surface area contributed by atoms with Crippen LogP contribution in [0.1, 0.15) is 36.7 Å². The monoisotopic (exact) mass is 370 g/mol. The van der Waals surface area contributed by atoms with Gasteiger partial charge in [0.05, 0.1) is 12.9 Å². The molecule has 2 atom stereocenters. The van der Waals surface area contributed by atoms with Crippen molar-refractivity contribution in [2.24, 2.45) is 0 Å². The molecular formula is C20H22N2O5. The van der Waals surface area contributed by atoms with Gasteiger partial charge in [-0.15, -0.1) is 0 Å². The summed E-state index contributed by atoms with van der Waals surface area (Å²) in [6.45, 7) is 1.15. The smallest absolute Gasteiger partial charge is 0.313 e. The first-order valence-corrected chi connectivity index (χ1v) is 9.21. The lowest BCUT2D eigenvalue weighted by Crippen LogP contribution is -2.43. The minimum absolute atomic E-state index is 0.184. The normalized spacial score (nSPS) is 19.4. The molecule has 1 aromatic carbocycles. The van der Waals surface area contributed by atoms with E-state index < -0.39 is 17.9 Å². The quantitative estimate of drug-likeness (QED) is 0.806. The van der Waals surface area contributed by atoms with Gasteiger partial charge in [-0.2, -0.15) is 0 Å². The third kappa shape index (κ3) is 3.68. The Labute approximate surface area is 156 Å². The number of furan rings is 1. The van der Waals surface area contributed by atoms with E-state index in [-0.39, 0.29) is 6.04 Å². The Morgan fingerprint density at radius 3 is 3.04 bits per heavy atom. The zero-order chi connectivity index (χ0) is 18.8. The summed E-state index contributed by atoms with van der Waals surface area (Å²) in [7, 11) is 0. The molecule has 2 aliphatic rings. The summed E-state index contributed by atoms with van der Waals surface area (Å²) in [5, 5.41) is 13.0. The van der Waals surface area contributed by atoms with Crippen LogP contribution in [0.2, 0.25) is 0 Å². The second kappa shape index (κ2) is 7.44. The molecule has 2 N–H and O–H groups in total. The molecule has 0 unspecified atom stereocenters. The molecule has 0 aliphatic carbocycles. The summed E-state index contributed by atoms with van der Waals surface area (Å²) >= 11 is 0. The first-order valence-electron chi connectivity index (χ1n) is 9.21. The van der Waals surface area contributed by atoms with E-state index in [4.69, 9.17) is 9.15 Å². The fraction of sp³-hybridized carbons (Fsp3) is 0.400. The Morgan fingerprint density at radius 1 is 1.33 bits per heavy atom. The molecule has 7 nitrogen and oxygen atoms in total. The highest BCUT2D eigenvalue weighted by molar-refractivity contribution is 6.39. The molecule has 2 amide bonds. The van der Waals surface area contributed by atoms with Crippen molar-refractivity contribution in [3.8, 4) is 5.75 Å². The van der Waals surface area contributed by atoms with Gasteiger partial charge in [0.2, 0.25) is 0 Å². The van der Waals surface area contributed by atoms with Crippen molar-refractivity contribution in [2.75, 3.05) is 18.5 Å². The van der Waals surface area contributed by atoms with Crippen LogP contribution < -0.4 is 10.1 Å². The van der Waals surface area contributed by atoms with Gasteiger partial charge in [0.1, 0.15) is 17.6 Å². The second-order valence-electron chi connectivity index (χ2n) is 6.94. The van der Waals surface area contributed by atoms with E-state index in [0.717, 1.165) is 30.6 Å². The first-order chi connectivity index (χ1) is 13.1. The third-order valence-corrected chi connectivity index (χ3v) is 5.15. The number of likely N-dealkylation sites (tertiary alicyclic amines) is 1. The van der Waals surface area contributed by atoms with Gasteiger partial charge < -0.3 is 24.5 Å². The molecule has 4 rings (SSSR count). The Balaban J connectivity index is 1.39. The predicted molar refractivity (Wildman–Crippen MR) is 97.3 cm³/mol. The molecule has 0 spiro atoms. The fourth-order valence-electron chi connectivity index (χ4n) is 3.78. The Kier molecular flexibility index (Phi) is 4.85. The van der Waals surface area contributed by atoms with E-state index in [2.05, 4.69) is 5.32 Å². The molecule has 0 radical (unpaired) electrons. The zero-order valence-corrected chi connectivity index (χ0v) is 14.9. The summed E-state index contributed by atoms with van der Waals surface area (Å²) in [4.78, 5) is 26.6. The Morgan fingerprint density at radius 2 is 2.22 bits per heavy atom. The molecule has 0 saturated carbocycles. The van der Waals surface area contributed by atoms with Crippen LogP contribution in [-0.2, 0) is 16.0 Å². The summed E-state index contributed by atoms with van der Waals surface area (Å²) in [5.74, 6) is 0.0686. The molecule has 7 heteroatoms. The standard InChI is InChI=1S/C20H22N2O5/c23-16(18-4-2-9-26-18)12-15-3-1-8-22(15)20(25)19(24)21-14-5-6-17-13(11-14)7-10-27-17/h2,4-6,9,11,15-16,23H,1,3,7-8,10,12H2,(H,21,24)/t15-,16+/m1/s1. The summed E-state index contributed by atoms with van der Waals surface area (Å²) in [5.41, 5.74) is 1.62. The lowest BCUT2D eigenvalue weighted by atomic mass is 10.1. The van der Waals surface area contributed by atoms with Crippen LogP contribution in [0.25, 0.3) is 0 Å². The lowest BCUT2D eigenvalue weighted by molar-refractivity contribution is -0.144. The number of hydrogen-bond donors (Lipinski definition) is 2. The molecule has 1 fully saturated rings. The van der Waals surface area contributed by atoms with Gasteiger partial charge in [0.25, 0.3) is 0 Å². The molecule has 27 heavy (non-hydrogen) atoms. The average Bonchev–Trinajstić information content (AvgIpc) is 3.41. The number of hydrogen-bond acceptors (Lipinski definition) is 5. The number of fused-ring (bicyclic) bond motifs is 1. The van der Waals surface area contributed by atoms with Crippen molar-refractivity contribution in [1.82, 2.24) is 4.90 Å². The van der Waals surface area contributed by atoms with Crippen LogP contribution in [0.15, 0.2) is 41.0 Å². The minimum atomic E-state index is -0.793. The summed E-state index contributed by atoms with van der Waals surface area (Å²) in [6.07, 6.45) is 3.43. The average molecular weight is 370 g/mol. The van der Waals surface area contributed by atoms with E-state index in [1.807, 2.05) is 6.07 Å². The van der Waals surface area contributed by atoms with E-state index >= 15 is 0 Å². The molecule has 3 heterocycles. The van der Waals surface area contributed by atoms with E-state index in [1.165, 1.54) is 6.26 Å². The predicted octanol–water partition coefficient (Wildman–Crippen LogP) is 2.27. The van der Waals surface area contributed by atoms with Crippen molar-refractivity contribution >= 4 is 17.5 Å². The van der Waals surface area contributed by atoms with Crippen molar-refractivity contribution in [2.45, 2.75) is 37.8 Å². The second-order valence-corrected chi connectivity index (χ2v) is 6.94. The van der Waals surface area contributed by atoms with Gasteiger partial charge in [0, 0.05) is 31.1 Å². The summed E-state index contributed by atoms with van der Waals surface area (Å²) in [6, 6.07) is 8.62. The number of carbonyl (C=O) groups is 2. The number of benzene rings is 1. The number of nitrogens with one attached hydrogen (secondary N) is 1. The number of aliphatic hydroxyl groups is 1. The highest BCUT2D eigenvalue weighted by Crippen LogP contribution is 2.29. The summed E-state index contributed by atoms with van der Waals surface area (Å²) < 4.78 is 10.7. The number of aliphatic hydroxyl groups excluding tert-OH is 1. The number of ether oxygens (including phenoxy) is 1. The van der Waals surface area contributed by atoms with Crippen LogP contribution in [0.3, 0.4) is 0 Å². The van der Waals surface area contributed by atoms with Crippen molar-refractivity contribution in [3.63, 3.8) is 0 Å². The minimum Gasteiger partial charge on any atom is -0.493 e. The topological polar surface area (TPSA) is 92.0 Å². The van der Waals surface area contributed by atoms with Crippen LogP contribution in [0.5, 0.6) is 5.75 Å². The number of anilines is 1. The van der Waals surface area contributed by atoms with Gasteiger partial charge in [-0.3, -0.25) is 9.59 Å². The largest absolute Gasteiger partial charge is 0.493 e. The van der Waals surface area contributed by atoms with E-state index in [1.54, 1.807) is 29.2 Å². The van der Waals surface area contributed by atoms with Crippen molar-refractivity contribution in [1.29, 1.82) is 0 Å². The van der Waals surface area contributed by atoms with Crippen molar-refractivity contribution in [3.05, 3.63) is 47.9 Å². The highest BCUT2D eigenvalue weighted by atomic mass is 16.5. The number of amides is 2. The molecule has 1 saturated heterocycles. The van der Waals surface area contributed by atoms with E-state index in [0.29, 0.717) is 31.0 Å². The highest BCUT2D eigenvalue weighted by Gasteiger charge is 2.34. The maximum Gasteiger partial charge on any atom is 0.313 e.